The Morgan fingerprint density at radius 3 is 2.25 bits per heavy atom. The van der Waals surface area contributed by atoms with Crippen molar-refractivity contribution in [3.63, 3.8) is 0 Å². The number of ether oxygens (including phenoxy) is 2. The van der Waals surface area contributed by atoms with E-state index in [1.54, 1.807) is 20.3 Å². The summed E-state index contributed by atoms with van der Waals surface area (Å²) in [5, 5.41) is 17.2. The standard InChI is InChI=1S/C22H26N4O3.C2HF3O2/c1-14-6-8-17(16(10-14)13-26(2)3)23-22(27)19-12-18(24-25-19)15-7-9-20(28-4)21(11-15)29-5;3-2(4,5)1(6)7/h6-12H,13H2,1-5H3,(H,23,27)(H,24,25);(H,6,7). The molecule has 1 heterocycles. The predicted molar refractivity (Wildman–Crippen MR) is 127 cm³/mol. The molecule has 9 nitrogen and oxygen atoms in total. The SMILES string of the molecule is COc1ccc(-c2cc(C(=O)Nc3ccc(C)cc3CN(C)C)[nH]n2)cc1OC.O=C(O)C(F)(F)F. The summed E-state index contributed by atoms with van der Waals surface area (Å²) in [6, 6.07) is 13.2. The van der Waals surface area contributed by atoms with Crippen LogP contribution in [0.3, 0.4) is 0 Å². The first-order valence-electron chi connectivity index (χ1n) is 10.5. The van der Waals surface area contributed by atoms with Crippen LogP contribution >= 0.6 is 0 Å². The first-order chi connectivity index (χ1) is 16.8. The molecule has 0 atom stereocenters. The van der Waals surface area contributed by atoms with Crippen LogP contribution in [0.2, 0.25) is 0 Å². The van der Waals surface area contributed by atoms with Gasteiger partial charge in [-0.2, -0.15) is 18.3 Å². The van der Waals surface area contributed by atoms with E-state index >= 15 is 0 Å². The zero-order valence-corrected chi connectivity index (χ0v) is 20.4. The maximum atomic E-state index is 12.8. The van der Waals surface area contributed by atoms with E-state index < -0.39 is 12.1 Å². The third-order valence-corrected chi connectivity index (χ3v) is 4.74. The number of aromatic amines is 1. The largest absolute Gasteiger partial charge is 0.493 e. The van der Waals surface area contributed by atoms with Gasteiger partial charge in [-0.25, -0.2) is 4.79 Å². The number of carboxylic acids is 1. The van der Waals surface area contributed by atoms with Crippen LogP contribution < -0.4 is 14.8 Å². The number of aromatic nitrogens is 2. The lowest BCUT2D eigenvalue weighted by atomic mass is 10.1. The summed E-state index contributed by atoms with van der Waals surface area (Å²) >= 11 is 0. The molecule has 0 aliphatic carbocycles. The first-order valence-corrected chi connectivity index (χ1v) is 10.5. The number of carboxylic acid groups (broad SMARTS) is 1. The fourth-order valence-corrected chi connectivity index (χ4v) is 3.09. The molecule has 0 saturated carbocycles. The number of alkyl halides is 3. The lowest BCUT2D eigenvalue weighted by molar-refractivity contribution is -0.192. The van der Waals surface area contributed by atoms with Gasteiger partial charge in [0.1, 0.15) is 5.69 Å². The smallest absolute Gasteiger partial charge is 0.490 e. The van der Waals surface area contributed by atoms with Crippen molar-refractivity contribution < 1.29 is 37.3 Å². The number of hydrogen-bond acceptors (Lipinski definition) is 6. The molecule has 0 spiro atoms. The highest BCUT2D eigenvalue weighted by Crippen LogP contribution is 2.31. The molecule has 0 aliphatic rings. The molecule has 194 valence electrons. The van der Waals surface area contributed by atoms with Gasteiger partial charge in [-0.1, -0.05) is 17.7 Å². The average Bonchev–Trinajstić information content (AvgIpc) is 3.30. The van der Waals surface area contributed by atoms with Crippen LogP contribution in [0.1, 0.15) is 21.6 Å². The fraction of sp³-hybridized carbons (Fsp3) is 0.292. The van der Waals surface area contributed by atoms with Crippen molar-refractivity contribution >= 4 is 17.6 Å². The number of aliphatic carboxylic acids is 1. The zero-order chi connectivity index (χ0) is 27.0. The number of carbonyl (C=O) groups is 2. The summed E-state index contributed by atoms with van der Waals surface area (Å²) in [5.74, 6) is -1.76. The molecule has 0 aliphatic heterocycles. The lowest BCUT2D eigenvalue weighted by Crippen LogP contribution is -2.21. The minimum atomic E-state index is -5.08. The summed E-state index contributed by atoms with van der Waals surface area (Å²) in [4.78, 5) is 23.7. The number of hydrogen-bond donors (Lipinski definition) is 3. The monoisotopic (exact) mass is 508 g/mol. The predicted octanol–water partition coefficient (Wildman–Crippen LogP) is 4.35. The van der Waals surface area contributed by atoms with Crippen LogP contribution in [0.5, 0.6) is 11.5 Å². The van der Waals surface area contributed by atoms with Gasteiger partial charge in [0.25, 0.3) is 5.91 Å². The summed E-state index contributed by atoms with van der Waals surface area (Å²) in [6.45, 7) is 2.77. The van der Waals surface area contributed by atoms with E-state index in [1.807, 2.05) is 51.4 Å². The molecular formula is C24H27F3N4O5. The minimum Gasteiger partial charge on any atom is -0.493 e. The second-order valence-electron chi connectivity index (χ2n) is 7.89. The maximum absolute atomic E-state index is 12.8. The maximum Gasteiger partial charge on any atom is 0.490 e. The molecule has 3 aromatic rings. The summed E-state index contributed by atoms with van der Waals surface area (Å²) in [7, 11) is 7.17. The second-order valence-corrected chi connectivity index (χ2v) is 7.89. The molecule has 0 bridgehead atoms. The number of benzene rings is 2. The van der Waals surface area contributed by atoms with E-state index in [-0.39, 0.29) is 5.91 Å². The van der Waals surface area contributed by atoms with Crippen LogP contribution in [0.4, 0.5) is 18.9 Å². The van der Waals surface area contributed by atoms with Gasteiger partial charge in [0.15, 0.2) is 11.5 Å². The Hall–Kier alpha value is -4.06. The van der Waals surface area contributed by atoms with Crippen LogP contribution in [0, 0.1) is 6.92 Å². The van der Waals surface area contributed by atoms with Gasteiger partial charge in [0, 0.05) is 17.8 Å². The highest BCUT2D eigenvalue weighted by Gasteiger charge is 2.38. The molecule has 0 saturated heterocycles. The quantitative estimate of drug-likeness (QED) is 0.434. The number of anilines is 1. The van der Waals surface area contributed by atoms with Gasteiger partial charge in [-0.05, 0) is 56.9 Å². The highest BCUT2D eigenvalue weighted by molar-refractivity contribution is 6.03. The van der Waals surface area contributed by atoms with Gasteiger partial charge in [-0.3, -0.25) is 9.89 Å². The van der Waals surface area contributed by atoms with Crippen molar-refractivity contribution in [1.29, 1.82) is 0 Å². The summed E-state index contributed by atoms with van der Waals surface area (Å²) in [6.07, 6.45) is -5.08. The van der Waals surface area contributed by atoms with E-state index in [4.69, 9.17) is 19.4 Å². The number of rotatable bonds is 7. The van der Waals surface area contributed by atoms with E-state index in [0.29, 0.717) is 22.9 Å². The number of aryl methyl sites for hydroxylation is 1. The Kier molecular flexibility index (Phi) is 9.45. The van der Waals surface area contributed by atoms with E-state index in [1.165, 1.54) is 0 Å². The Balaban J connectivity index is 0.000000572. The molecule has 0 unspecified atom stereocenters. The van der Waals surface area contributed by atoms with Crippen LogP contribution in [-0.2, 0) is 11.3 Å². The van der Waals surface area contributed by atoms with Crippen LogP contribution in [0.25, 0.3) is 11.3 Å². The first kappa shape index (κ1) is 28.2. The van der Waals surface area contributed by atoms with Crippen LogP contribution in [-0.4, -0.2) is 66.6 Å². The number of amides is 1. The molecule has 2 aromatic carbocycles. The normalized spacial score (nSPS) is 10.9. The van der Waals surface area contributed by atoms with Gasteiger partial charge >= 0.3 is 12.1 Å². The lowest BCUT2D eigenvalue weighted by Gasteiger charge is -2.15. The molecule has 0 radical (unpaired) electrons. The molecule has 3 rings (SSSR count). The molecule has 0 fully saturated rings. The van der Waals surface area contributed by atoms with Gasteiger partial charge in [-0.15, -0.1) is 0 Å². The zero-order valence-electron chi connectivity index (χ0n) is 20.4. The van der Waals surface area contributed by atoms with Crippen molar-refractivity contribution in [2.24, 2.45) is 0 Å². The third-order valence-electron chi connectivity index (χ3n) is 4.74. The van der Waals surface area contributed by atoms with Gasteiger partial charge in [0.05, 0.1) is 19.9 Å². The highest BCUT2D eigenvalue weighted by atomic mass is 19.4. The molecule has 1 amide bonds. The Morgan fingerprint density at radius 2 is 1.69 bits per heavy atom. The minimum absolute atomic E-state index is 0.243. The number of nitrogens with zero attached hydrogens (tertiary/aromatic N) is 2. The Bertz CT molecular complexity index is 1210. The molecular weight excluding hydrogens is 481 g/mol. The number of nitrogens with one attached hydrogen (secondary N) is 2. The number of carbonyl (C=O) groups excluding carboxylic acids is 1. The van der Waals surface area contributed by atoms with Crippen LogP contribution in [0.15, 0.2) is 42.5 Å². The van der Waals surface area contributed by atoms with Gasteiger partial charge in [0.2, 0.25) is 0 Å². The number of H-pyrrole nitrogens is 1. The number of methoxy groups -OCH3 is 2. The molecule has 12 heteroatoms. The van der Waals surface area contributed by atoms with Crippen molar-refractivity contribution in [2.75, 3.05) is 33.6 Å². The molecule has 3 N–H and O–H groups in total. The Labute approximate surface area is 205 Å². The topological polar surface area (TPSA) is 117 Å². The van der Waals surface area contributed by atoms with Crippen molar-refractivity contribution in [2.45, 2.75) is 19.6 Å². The third kappa shape index (κ3) is 7.73. The van der Waals surface area contributed by atoms with Crippen molar-refractivity contribution in [3.8, 4) is 22.8 Å². The summed E-state index contributed by atoms with van der Waals surface area (Å²) < 4.78 is 42.3. The van der Waals surface area contributed by atoms with E-state index in [9.17, 15) is 18.0 Å². The molecule has 1 aromatic heterocycles. The fourth-order valence-electron chi connectivity index (χ4n) is 3.09. The van der Waals surface area contributed by atoms with E-state index in [2.05, 4.69) is 26.5 Å². The summed E-state index contributed by atoms with van der Waals surface area (Å²) in [5.41, 5.74) is 4.85. The van der Waals surface area contributed by atoms with Crippen molar-refractivity contribution in [1.82, 2.24) is 15.1 Å². The van der Waals surface area contributed by atoms with Gasteiger partial charge < -0.3 is 24.8 Å². The van der Waals surface area contributed by atoms with E-state index in [0.717, 1.165) is 28.9 Å². The molecule has 36 heavy (non-hydrogen) atoms. The average molecular weight is 508 g/mol. The van der Waals surface area contributed by atoms with Crippen molar-refractivity contribution in [3.05, 3.63) is 59.3 Å². The number of halogens is 3. The second kappa shape index (κ2) is 12.1. The Morgan fingerprint density at radius 1 is 1.06 bits per heavy atom.